The van der Waals surface area contributed by atoms with E-state index in [1.165, 1.54) is 0 Å². The average molecular weight is 374 g/mol. The van der Waals surface area contributed by atoms with Crippen molar-refractivity contribution in [1.82, 2.24) is 0 Å². The summed E-state index contributed by atoms with van der Waals surface area (Å²) in [5.74, 6) is 1.44. The number of hydrogen-bond acceptors (Lipinski definition) is 5. The standard InChI is InChI=1S/C23H18O5/c1-25-13-14-26-20-12-6-9-17-21(20)22(24)28-23(17)15-7-2-4-10-18(15)27-19-11-5-3-8-16(19)23/h2-12H,13-14H2,1H3. The summed E-state index contributed by atoms with van der Waals surface area (Å²) in [4.78, 5) is 13.0. The van der Waals surface area contributed by atoms with Gasteiger partial charge in [0, 0.05) is 23.8 Å². The molecule has 0 unspecified atom stereocenters. The Morgan fingerprint density at radius 1 is 0.821 bits per heavy atom. The van der Waals surface area contributed by atoms with Gasteiger partial charge < -0.3 is 18.9 Å². The molecule has 1 spiro atoms. The Balaban J connectivity index is 1.76. The van der Waals surface area contributed by atoms with Crippen molar-refractivity contribution in [2.45, 2.75) is 5.60 Å². The molecule has 0 amide bonds. The molecule has 0 bridgehead atoms. The molecule has 5 nitrogen and oxygen atoms in total. The summed E-state index contributed by atoms with van der Waals surface area (Å²) in [6, 6.07) is 20.9. The second-order valence-corrected chi connectivity index (χ2v) is 6.69. The molecule has 0 atom stereocenters. The molecule has 2 aliphatic heterocycles. The third-order valence-corrected chi connectivity index (χ3v) is 5.15. The first-order valence-corrected chi connectivity index (χ1v) is 9.11. The summed E-state index contributed by atoms with van der Waals surface area (Å²) in [7, 11) is 1.61. The van der Waals surface area contributed by atoms with Crippen LogP contribution in [0.2, 0.25) is 0 Å². The molecule has 0 fully saturated rings. The molecular weight excluding hydrogens is 356 g/mol. The van der Waals surface area contributed by atoms with E-state index in [0.717, 1.165) is 16.7 Å². The number of rotatable bonds is 4. The number of methoxy groups -OCH3 is 1. The van der Waals surface area contributed by atoms with E-state index in [-0.39, 0.29) is 0 Å². The van der Waals surface area contributed by atoms with Crippen molar-refractivity contribution in [3.63, 3.8) is 0 Å². The number of carbonyl (C=O) groups is 1. The predicted molar refractivity (Wildman–Crippen MR) is 102 cm³/mol. The number of benzene rings is 3. The van der Waals surface area contributed by atoms with Crippen LogP contribution >= 0.6 is 0 Å². The number of carbonyl (C=O) groups excluding carboxylic acids is 1. The van der Waals surface area contributed by atoms with Gasteiger partial charge in [-0.2, -0.15) is 0 Å². The highest BCUT2D eigenvalue weighted by Gasteiger charge is 2.54. The zero-order valence-corrected chi connectivity index (χ0v) is 15.3. The minimum atomic E-state index is -1.06. The maximum Gasteiger partial charge on any atom is 0.343 e. The van der Waals surface area contributed by atoms with Gasteiger partial charge in [-0.15, -0.1) is 0 Å². The molecule has 0 saturated carbocycles. The summed E-state index contributed by atoms with van der Waals surface area (Å²) >= 11 is 0. The van der Waals surface area contributed by atoms with Crippen molar-refractivity contribution in [2.24, 2.45) is 0 Å². The monoisotopic (exact) mass is 374 g/mol. The van der Waals surface area contributed by atoms with Gasteiger partial charge in [-0.05, 0) is 18.2 Å². The SMILES string of the molecule is COCCOc1cccc2c1C(=O)OC21c2ccccc2Oc2ccccc21. The van der Waals surface area contributed by atoms with Crippen LogP contribution in [0.3, 0.4) is 0 Å². The molecule has 0 saturated heterocycles. The summed E-state index contributed by atoms with van der Waals surface area (Å²) in [6.07, 6.45) is 0. The van der Waals surface area contributed by atoms with E-state index in [4.69, 9.17) is 18.9 Å². The molecule has 0 N–H and O–H groups in total. The van der Waals surface area contributed by atoms with Gasteiger partial charge in [0.15, 0.2) is 5.60 Å². The zero-order valence-electron chi connectivity index (χ0n) is 15.3. The molecule has 2 heterocycles. The average Bonchev–Trinajstić information content (AvgIpc) is 3.03. The third-order valence-electron chi connectivity index (χ3n) is 5.15. The Bertz CT molecular complexity index is 1030. The van der Waals surface area contributed by atoms with Gasteiger partial charge in [0.05, 0.1) is 6.61 Å². The van der Waals surface area contributed by atoms with E-state index in [1.807, 2.05) is 60.7 Å². The van der Waals surface area contributed by atoms with Crippen molar-refractivity contribution < 1.29 is 23.7 Å². The fraction of sp³-hybridized carbons (Fsp3) is 0.174. The highest BCUT2D eigenvalue weighted by molar-refractivity contribution is 5.99. The van der Waals surface area contributed by atoms with Crippen LogP contribution in [0.15, 0.2) is 66.7 Å². The summed E-state index contributed by atoms with van der Waals surface area (Å²) in [6.45, 7) is 0.785. The van der Waals surface area contributed by atoms with Gasteiger partial charge >= 0.3 is 5.97 Å². The topological polar surface area (TPSA) is 54.0 Å². The number of esters is 1. The fourth-order valence-corrected chi connectivity index (χ4v) is 3.99. The van der Waals surface area contributed by atoms with E-state index in [1.54, 1.807) is 13.2 Å². The van der Waals surface area contributed by atoms with Crippen LogP contribution < -0.4 is 9.47 Å². The maximum atomic E-state index is 13.0. The molecule has 0 aromatic heterocycles. The summed E-state index contributed by atoms with van der Waals surface area (Å²) in [5, 5.41) is 0. The van der Waals surface area contributed by atoms with Crippen LogP contribution in [0.5, 0.6) is 17.2 Å². The van der Waals surface area contributed by atoms with E-state index < -0.39 is 11.6 Å². The van der Waals surface area contributed by atoms with Crippen LogP contribution in [0.4, 0.5) is 0 Å². The number of hydrogen-bond donors (Lipinski definition) is 0. The molecule has 3 aromatic carbocycles. The minimum absolute atomic E-state index is 0.351. The van der Waals surface area contributed by atoms with E-state index >= 15 is 0 Å². The largest absolute Gasteiger partial charge is 0.490 e. The second kappa shape index (κ2) is 6.39. The van der Waals surface area contributed by atoms with Gasteiger partial charge in [-0.3, -0.25) is 0 Å². The van der Waals surface area contributed by atoms with Gasteiger partial charge in [-0.1, -0.05) is 48.5 Å². The second-order valence-electron chi connectivity index (χ2n) is 6.69. The minimum Gasteiger partial charge on any atom is -0.490 e. The van der Waals surface area contributed by atoms with Crippen LogP contribution in [0.1, 0.15) is 27.0 Å². The fourth-order valence-electron chi connectivity index (χ4n) is 3.99. The number of ether oxygens (including phenoxy) is 4. The Hall–Kier alpha value is -3.31. The Kier molecular flexibility index (Phi) is 3.84. The lowest BCUT2D eigenvalue weighted by Crippen LogP contribution is -2.32. The molecule has 3 aromatic rings. The van der Waals surface area contributed by atoms with Crippen LogP contribution in [-0.2, 0) is 15.1 Å². The number of fused-ring (bicyclic) bond motifs is 6. The Labute approximate surface area is 162 Å². The lowest BCUT2D eigenvalue weighted by atomic mass is 9.77. The zero-order chi connectivity index (χ0) is 19.1. The van der Waals surface area contributed by atoms with Gasteiger partial charge in [0.25, 0.3) is 0 Å². The number of para-hydroxylation sites is 2. The molecular formula is C23H18O5. The molecule has 5 rings (SSSR count). The van der Waals surface area contributed by atoms with Crippen molar-refractivity contribution >= 4 is 5.97 Å². The highest BCUT2D eigenvalue weighted by Crippen LogP contribution is 2.56. The Morgan fingerprint density at radius 2 is 1.46 bits per heavy atom. The summed E-state index contributed by atoms with van der Waals surface area (Å²) in [5.41, 5.74) is 1.75. The molecule has 5 heteroatoms. The quantitative estimate of drug-likeness (QED) is 0.504. The lowest BCUT2D eigenvalue weighted by Gasteiger charge is -2.36. The third kappa shape index (κ3) is 2.26. The molecule has 0 aliphatic carbocycles. The van der Waals surface area contributed by atoms with Crippen molar-refractivity contribution in [2.75, 3.05) is 20.3 Å². The first kappa shape index (κ1) is 16.8. The highest BCUT2D eigenvalue weighted by atomic mass is 16.6. The van der Waals surface area contributed by atoms with E-state index in [9.17, 15) is 4.79 Å². The molecule has 140 valence electrons. The van der Waals surface area contributed by atoms with E-state index in [2.05, 4.69) is 0 Å². The van der Waals surface area contributed by atoms with Crippen LogP contribution in [0.25, 0.3) is 0 Å². The first-order valence-electron chi connectivity index (χ1n) is 9.11. The summed E-state index contributed by atoms with van der Waals surface area (Å²) < 4.78 is 23.1. The van der Waals surface area contributed by atoms with Crippen LogP contribution in [-0.4, -0.2) is 26.3 Å². The molecule has 2 aliphatic rings. The smallest absolute Gasteiger partial charge is 0.343 e. The van der Waals surface area contributed by atoms with Gasteiger partial charge in [-0.25, -0.2) is 4.79 Å². The first-order chi connectivity index (χ1) is 13.8. The van der Waals surface area contributed by atoms with Crippen molar-refractivity contribution in [1.29, 1.82) is 0 Å². The van der Waals surface area contributed by atoms with Gasteiger partial charge in [0.1, 0.15) is 29.4 Å². The Morgan fingerprint density at radius 3 is 2.14 bits per heavy atom. The van der Waals surface area contributed by atoms with E-state index in [0.29, 0.717) is 36.0 Å². The maximum absolute atomic E-state index is 13.0. The van der Waals surface area contributed by atoms with Crippen molar-refractivity contribution in [3.05, 3.63) is 89.0 Å². The normalized spacial score (nSPS) is 15.2. The predicted octanol–water partition coefficient (Wildman–Crippen LogP) is 4.28. The molecule has 0 radical (unpaired) electrons. The van der Waals surface area contributed by atoms with Crippen molar-refractivity contribution in [3.8, 4) is 17.2 Å². The van der Waals surface area contributed by atoms with Gasteiger partial charge in [0.2, 0.25) is 0 Å². The van der Waals surface area contributed by atoms with Crippen LogP contribution in [0, 0.1) is 0 Å². The lowest BCUT2D eigenvalue weighted by molar-refractivity contribution is 0.0222. The molecule has 28 heavy (non-hydrogen) atoms.